The van der Waals surface area contributed by atoms with Gasteiger partial charge in [-0.1, -0.05) is 27.5 Å². The van der Waals surface area contributed by atoms with Crippen molar-refractivity contribution in [2.24, 2.45) is 5.92 Å². The lowest BCUT2D eigenvalue weighted by molar-refractivity contribution is -0.121. The molecule has 22 heavy (non-hydrogen) atoms. The van der Waals surface area contributed by atoms with Crippen LogP contribution in [0.15, 0.2) is 40.9 Å². The third-order valence-corrected chi connectivity index (χ3v) is 4.47. The van der Waals surface area contributed by atoms with E-state index in [9.17, 15) is 4.79 Å². The van der Waals surface area contributed by atoms with Crippen molar-refractivity contribution in [2.75, 3.05) is 11.9 Å². The second kappa shape index (κ2) is 6.31. The number of hydrogen-bond acceptors (Lipinski definition) is 2. The van der Waals surface area contributed by atoms with E-state index in [4.69, 9.17) is 16.3 Å². The van der Waals surface area contributed by atoms with E-state index in [1.54, 1.807) is 6.07 Å². The van der Waals surface area contributed by atoms with Crippen molar-refractivity contribution >= 4 is 39.1 Å². The summed E-state index contributed by atoms with van der Waals surface area (Å²) in [6.07, 6.45) is 0.636. The Hall–Kier alpha value is -1.52. The summed E-state index contributed by atoms with van der Waals surface area (Å²) in [5.74, 6) is 0.568. The summed E-state index contributed by atoms with van der Waals surface area (Å²) in [6.45, 7) is 2.35. The standard InChI is InChI=1S/C17H15BrClNO2/c1-10-6-13(18)2-4-15(10)20-17(21)12-7-11-8-14(19)3-5-16(11)22-9-12/h2-6,8,12H,7,9H2,1H3,(H,20,21)/t12-/m1/s1. The zero-order valence-electron chi connectivity index (χ0n) is 12.0. The van der Waals surface area contributed by atoms with Crippen molar-refractivity contribution in [1.82, 2.24) is 0 Å². The molecule has 1 aliphatic heterocycles. The predicted molar refractivity (Wildman–Crippen MR) is 91.6 cm³/mol. The van der Waals surface area contributed by atoms with Gasteiger partial charge in [0, 0.05) is 15.2 Å². The largest absolute Gasteiger partial charge is 0.492 e. The van der Waals surface area contributed by atoms with E-state index < -0.39 is 0 Å². The van der Waals surface area contributed by atoms with E-state index in [0.717, 1.165) is 27.0 Å². The Morgan fingerprint density at radius 3 is 2.91 bits per heavy atom. The summed E-state index contributed by atoms with van der Waals surface area (Å²) in [5.41, 5.74) is 2.82. The summed E-state index contributed by atoms with van der Waals surface area (Å²) < 4.78 is 6.67. The van der Waals surface area contributed by atoms with Crippen LogP contribution in [0.2, 0.25) is 5.02 Å². The molecule has 1 N–H and O–H groups in total. The van der Waals surface area contributed by atoms with Crippen LogP contribution in [0.1, 0.15) is 11.1 Å². The minimum absolute atomic E-state index is 0.0314. The van der Waals surface area contributed by atoms with Gasteiger partial charge in [0.15, 0.2) is 0 Å². The van der Waals surface area contributed by atoms with Gasteiger partial charge in [0.2, 0.25) is 5.91 Å². The molecule has 0 aliphatic carbocycles. The first-order valence-electron chi connectivity index (χ1n) is 7.01. The number of carbonyl (C=O) groups excluding carboxylic acids is 1. The lowest BCUT2D eigenvalue weighted by Gasteiger charge is -2.25. The van der Waals surface area contributed by atoms with Gasteiger partial charge in [-0.3, -0.25) is 4.79 Å². The molecule has 2 aromatic rings. The highest BCUT2D eigenvalue weighted by Crippen LogP contribution is 2.30. The van der Waals surface area contributed by atoms with Crippen molar-refractivity contribution in [3.05, 3.63) is 57.0 Å². The number of fused-ring (bicyclic) bond motifs is 1. The van der Waals surface area contributed by atoms with Crippen molar-refractivity contribution in [1.29, 1.82) is 0 Å². The molecule has 3 nitrogen and oxygen atoms in total. The number of ether oxygens (including phenoxy) is 1. The second-order valence-corrected chi connectivity index (χ2v) is 6.76. The van der Waals surface area contributed by atoms with Crippen molar-refractivity contribution in [2.45, 2.75) is 13.3 Å². The van der Waals surface area contributed by atoms with Crippen LogP contribution in [0.5, 0.6) is 5.75 Å². The summed E-state index contributed by atoms with van der Waals surface area (Å²) in [5, 5.41) is 3.64. The van der Waals surface area contributed by atoms with Gasteiger partial charge in [-0.25, -0.2) is 0 Å². The summed E-state index contributed by atoms with van der Waals surface area (Å²) >= 11 is 9.43. The first-order valence-corrected chi connectivity index (χ1v) is 8.18. The van der Waals surface area contributed by atoms with Crippen LogP contribution in [0.25, 0.3) is 0 Å². The molecule has 0 bridgehead atoms. The maximum Gasteiger partial charge on any atom is 0.231 e. The SMILES string of the molecule is Cc1cc(Br)ccc1NC(=O)[C@H]1COc2ccc(Cl)cc2C1. The fourth-order valence-electron chi connectivity index (χ4n) is 2.53. The summed E-state index contributed by atoms with van der Waals surface area (Å²) in [4.78, 5) is 12.5. The Labute approximate surface area is 142 Å². The minimum Gasteiger partial charge on any atom is -0.492 e. The summed E-state index contributed by atoms with van der Waals surface area (Å²) in [7, 11) is 0. The fraction of sp³-hybridized carbons (Fsp3) is 0.235. The molecule has 0 spiro atoms. The Kier molecular flexibility index (Phi) is 4.41. The molecular formula is C17H15BrClNO2. The number of rotatable bonds is 2. The van der Waals surface area contributed by atoms with Crippen molar-refractivity contribution < 1.29 is 9.53 Å². The number of carbonyl (C=O) groups is 1. The Morgan fingerprint density at radius 1 is 1.32 bits per heavy atom. The smallest absolute Gasteiger partial charge is 0.231 e. The van der Waals surface area contributed by atoms with Gasteiger partial charge in [0.1, 0.15) is 12.4 Å². The Morgan fingerprint density at radius 2 is 2.14 bits per heavy atom. The number of amides is 1. The van der Waals surface area contributed by atoms with E-state index in [0.29, 0.717) is 18.1 Å². The van der Waals surface area contributed by atoms with E-state index in [1.807, 2.05) is 37.3 Å². The monoisotopic (exact) mass is 379 g/mol. The van der Waals surface area contributed by atoms with Gasteiger partial charge < -0.3 is 10.1 Å². The number of halogens is 2. The molecule has 1 heterocycles. The average Bonchev–Trinajstić information content (AvgIpc) is 2.49. The number of nitrogens with one attached hydrogen (secondary N) is 1. The van der Waals surface area contributed by atoms with Crippen LogP contribution in [-0.2, 0) is 11.2 Å². The molecule has 0 fully saturated rings. The van der Waals surface area contributed by atoms with E-state index in [1.165, 1.54) is 0 Å². The maximum absolute atomic E-state index is 12.5. The minimum atomic E-state index is -0.214. The summed E-state index contributed by atoms with van der Waals surface area (Å²) in [6, 6.07) is 11.3. The molecule has 1 atom stereocenters. The van der Waals surface area contributed by atoms with E-state index in [-0.39, 0.29) is 11.8 Å². The first-order chi connectivity index (χ1) is 10.5. The predicted octanol–water partition coefficient (Wildman–Crippen LogP) is 4.60. The molecule has 3 rings (SSSR count). The first kappa shape index (κ1) is 15.4. The average molecular weight is 381 g/mol. The van der Waals surface area contributed by atoms with E-state index in [2.05, 4.69) is 21.2 Å². The fourth-order valence-corrected chi connectivity index (χ4v) is 3.20. The quantitative estimate of drug-likeness (QED) is 0.827. The third kappa shape index (κ3) is 3.28. The van der Waals surface area contributed by atoms with Gasteiger partial charge in [-0.2, -0.15) is 0 Å². The van der Waals surface area contributed by atoms with Gasteiger partial charge in [-0.15, -0.1) is 0 Å². The van der Waals surface area contributed by atoms with Gasteiger partial charge in [0.05, 0.1) is 5.92 Å². The zero-order chi connectivity index (χ0) is 15.7. The highest BCUT2D eigenvalue weighted by Gasteiger charge is 2.26. The van der Waals surface area contributed by atoms with Gasteiger partial charge in [-0.05, 0) is 60.9 Å². The molecule has 0 saturated heterocycles. The molecule has 1 aliphatic rings. The number of anilines is 1. The highest BCUT2D eigenvalue weighted by molar-refractivity contribution is 9.10. The number of aryl methyl sites for hydroxylation is 1. The topological polar surface area (TPSA) is 38.3 Å². The lowest BCUT2D eigenvalue weighted by atomic mass is 9.96. The Bertz CT molecular complexity index is 733. The molecular weight excluding hydrogens is 366 g/mol. The van der Waals surface area contributed by atoms with Crippen LogP contribution in [-0.4, -0.2) is 12.5 Å². The third-order valence-electron chi connectivity index (χ3n) is 3.75. The van der Waals surface area contributed by atoms with Crippen LogP contribution in [0.4, 0.5) is 5.69 Å². The Balaban J connectivity index is 1.74. The number of hydrogen-bond donors (Lipinski definition) is 1. The van der Waals surface area contributed by atoms with Crippen LogP contribution < -0.4 is 10.1 Å². The molecule has 0 radical (unpaired) electrons. The van der Waals surface area contributed by atoms with Crippen molar-refractivity contribution in [3.8, 4) is 5.75 Å². The molecule has 1 amide bonds. The number of benzene rings is 2. The van der Waals surface area contributed by atoms with Gasteiger partial charge in [0.25, 0.3) is 0 Å². The molecule has 0 unspecified atom stereocenters. The molecule has 0 aromatic heterocycles. The lowest BCUT2D eigenvalue weighted by Crippen LogP contribution is -2.32. The van der Waals surface area contributed by atoms with Crippen LogP contribution in [0.3, 0.4) is 0 Å². The molecule has 114 valence electrons. The van der Waals surface area contributed by atoms with Crippen molar-refractivity contribution in [3.63, 3.8) is 0 Å². The van der Waals surface area contributed by atoms with Crippen LogP contribution in [0, 0.1) is 12.8 Å². The van der Waals surface area contributed by atoms with E-state index >= 15 is 0 Å². The second-order valence-electron chi connectivity index (χ2n) is 5.41. The molecule has 0 saturated carbocycles. The maximum atomic E-state index is 12.5. The normalized spacial score (nSPS) is 16.6. The highest BCUT2D eigenvalue weighted by atomic mass is 79.9. The molecule has 2 aromatic carbocycles. The molecule has 5 heteroatoms. The van der Waals surface area contributed by atoms with Crippen LogP contribution >= 0.6 is 27.5 Å². The van der Waals surface area contributed by atoms with Gasteiger partial charge >= 0.3 is 0 Å². The zero-order valence-corrected chi connectivity index (χ0v) is 14.4.